The van der Waals surface area contributed by atoms with Gasteiger partial charge in [-0.2, -0.15) is 0 Å². The summed E-state index contributed by atoms with van der Waals surface area (Å²) in [7, 11) is 1.61. The van der Waals surface area contributed by atoms with Crippen LogP contribution in [-0.2, 0) is 42.7 Å². The van der Waals surface area contributed by atoms with Gasteiger partial charge in [-0.25, -0.2) is 0 Å². The molecule has 4 saturated heterocycles. The van der Waals surface area contributed by atoms with E-state index in [1.165, 1.54) is 5.57 Å². The molecule has 5 aliphatic heterocycles. The molecule has 258 valence electrons. The number of fused-ring (bicyclic) bond motifs is 3. The molecule has 16 atom stereocenters. The van der Waals surface area contributed by atoms with Crippen molar-refractivity contribution in [1.29, 1.82) is 0 Å². The summed E-state index contributed by atoms with van der Waals surface area (Å²) in [5.74, 6) is -1.34. The summed E-state index contributed by atoms with van der Waals surface area (Å²) in [6, 6.07) is 0. The maximum absolute atomic E-state index is 13.6. The molecule has 7 rings (SSSR count). The highest BCUT2D eigenvalue weighted by atomic mass is 16.7. The molecule has 5 heterocycles. The van der Waals surface area contributed by atoms with E-state index in [0.29, 0.717) is 32.3 Å². The van der Waals surface area contributed by atoms with Crippen LogP contribution < -0.4 is 0 Å². The first-order chi connectivity index (χ1) is 21.9. The van der Waals surface area contributed by atoms with Crippen molar-refractivity contribution < 1.29 is 58.0 Å². The predicted octanol–water partition coefficient (Wildman–Crippen LogP) is 2.47. The summed E-state index contributed by atoms with van der Waals surface area (Å²) in [6.07, 6.45) is 1.04. The second-order valence-corrected chi connectivity index (χ2v) is 14.8. The maximum Gasteiger partial charge on any atom is 0.309 e. The third-order valence-corrected chi connectivity index (χ3v) is 12.0. The minimum Gasteiger partial charge on any atom is -0.469 e. The van der Waals surface area contributed by atoms with Gasteiger partial charge in [-0.15, -0.1) is 0 Å². The Kier molecular flexibility index (Phi) is 8.85. The van der Waals surface area contributed by atoms with E-state index in [1.807, 2.05) is 13.8 Å². The molecular formula is C34H50O12. The Morgan fingerprint density at radius 3 is 2.50 bits per heavy atom. The number of carbonyl (C=O) groups excluding carboxylic acids is 1. The quantitative estimate of drug-likeness (QED) is 0.296. The van der Waals surface area contributed by atoms with E-state index in [0.717, 1.165) is 18.4 Å². The third kappa shape index (κ3) is 5.65. The van der Waals surface area contributed by atoms with Gasteiger partial charge in [0, 0.05) is 26.9 Å². The van der Waals surface area contributed by atoms with Crippen LogP contribution in [0, 0.1) is 23.2 Å². The molecule has 46 heavy (non-hydrogen) atoms. The molecule has 12 heteroatoms. The summed E-state index contributed by atoms with van der Waals surface area (Å²) in [6.45, 7) is 8.01. The molecule has 0 bridgehead atoms. The Balaban J connectivity index is 1.01. The van der Waals surface area contributed by atoms with Gasteiger partial charge in [0.05, 0.1) is 61.3 Å². The van der Waals surface area contributed by atoms with Gasteiger partial charge in [-0.05, 0) is 62.9 Å². The molecule has 0 aromatic heterocycles. The number of hydrogen-bond donors (Lipinski definition) is 3. The highest BCUT2D eigenvalue weighted by Crippen LogP contribution is 2.57. The highest BCUT2D eigenvalue weighted by molar-refractivity contribution is 5.74. The van der Waals surface area contributed by atoms with Gasteiger partial charge < -0.3 is 53.2 Å². The van der Waals surface area contributed by atoms with E-state index in [-0.39, 0.29) is 47.8 Å². The third-order valence-electron chi connectivity index (χ3n) is 12.0. The van der Waals surface area contributed by atoms with Crippen LogP contribution in [0.1, 0.15) is 72.6 Å². The first kappa shape index (κ1) is 32.9. The lowest BCUT2D eigenvalue weighted by Gasteiger charge is -2.52. The first-order valence-corrected chi connectivity index (χ1v) is 17.0. The van der Waals surface area contributed by atoms with Crippen LogP contribution in [0.4, 0.5) is 0 Å². The highest BCUT2D eigenvalue weighted by Gasteiger charge is 2.58. The van der Waals surface area contributed by atoms with E-state index in [1.54, 1.807) is 20.3 Å². The Morgan fingerprint density at radius 2 is 1.74 bits per heavy atom. The van der Waals surface area contributed by atoms with Crippen molar-refractivity contribution in [2.24, 2.45) is 23.2 Å². The van der Waals surface area contributed by atoms with E-state index in [9.17, 15) is 20.1 Å². The van der Waals surface area contributed by atoms with Crippen LogP contribution in [0.25, 0.3) is 0 Å². The minimum atomic E-state index is -0.962. The van der Waals surface area contributed by atoms with Gasteiger partial charge in [-0.3, -0.25) is 4.79 Å². The maximum atomic E-state index is 13.6. The normalized spacial score (nSPS) is 52.0. The Labute approximate surface area is 270 Å². The fourth-order valence-corrected chi connectivity index (χ4v) is 9.38. The van der Waals surface area contributed by atoms with Crippen molar-refractivity contribution in [3.05, 3.63) is 23.5 Å². The molecule has 2 aliphatic carbocycles. The number of carbonyl (C=O) groups is 1. The van der Waals surface area contributed by atoms with Crippen LogP contribution in [0.3, 0.4) is 0 Å². The Hall–Kier alpha value is -1.61. The minimum absolute atomic E-state index is 0.00851. The molecule has 5 fully saturated rings. The van der Waals surface area contributed by atoms with Gasteiger partial charge in [0.1, 0.15) is 18.3 Å². The number of esters is 1. The molecule has 0 unspecified atom stereocenters. The molecule has 1 saturated carbocycles. The lowest BCUT2D eigenvalue weighted by atomic mass is 9.55. The van der Waals surface area contributed by atoms with E-state index >= 15 is 0 Å². The second kappa shape index (κ2) is 12.4. The van der Waals surface area contributed by atoms with Gasteiger partial charge in [0.15, 0.2) is 12.6 Å². The number of hydrogen-bond acceptors (Lipinski definition) is 12. The Bertz CT molecular complexity index is 1210. The molecule has 7 aliphatic rings. The number of allylic oxidation sites excluding steroid dienone is 1. The number of ether oxygens (including phenoxy) is 8. The summed E-state index contributed by atoms with van der Waals surface area (Å²) in [4.78, 5) is 13.6. The summed E-state index contributed by atoms with van der Waals surface area (Å²) >= 11 is 0. The van der Waals surface area contributed by atoms with Crippen molar-refractivity contribution in [3.63, 3.8) is 0 Å². The molecule has 0 aromatic carbocycles. The van der Waals surface area contributed by atoms with Crippen LogP contribution in [0.15, 0.2) is 23.5 Å². The molecule has 12 nitrogen and oxygen atoms in total. The standard InChI is InChI=1S/C34H50O12/c1-16-30(37)22(35)11-27(42-16)46-31-17(2)43-28(12-25(31)39-5)44-24-10-19-7-8-20-21(33(19,3)13-23(24)36)9-6-18-14-40-34(4)29(18)26(15-41-34)45-32(20)38/h7,14,16-17,20-31,35-37H,6,8-13,15H2,1-5H3/t16-,17-,20-,21+,22+,23-,24-,25+,26-,27+,28+,29-,30-,31-,33+,34+/m1/s1. The molecule has 0 aromatic rings. The van der Waals surface area contributed by atoms with E-state index < -0.39 is 61.1 Å². The fraction of sp³-hybridized carbons (Fsp3) is 0.853. The Morgan fingerprint density at radius 1 is 0.978 bits per heavy atom. The largest absolute Gasteiger partial charge is 0.469 e. The zero-order valence-electron chi connectivity index (χ0n) is 27.4. The van der Waals surface area contributed by atoms with Gasteiger partial charge >= 0.3 is 5.97 Å². The van der Waals surface area contributed by atoms with Crippen LogP contribution in [0.2, 0.25) is 0 Å². The number of rotatable bonds is 5. The lowest BCUT2D eigenvalue weighted by molar-refractivity contribution is -0.321. The van der Waals surface area contributed by atoms with Crippen molar-refractivity contribution in [3.8, 4) is 0 Å². The van der Waals surface area contributed by atoms with Gasteiger partial charge in [-0.1, -0.05) is 18.6 Å². The zero-order chi connectivity index (χ0) is 32.5. The average Bonchev–Trinajstić information content (AvgIpc) is 3.52. The molecule has 0 spiro atoms. The first-order valence-electron chi connectivity index (χ1n) is 17.0. The van der Waals surface area contributed by atoms with E-state index in [4.69, 9.17) is 37.9 Å². The van der Waals surface area contributed by atoms with Crippen LogP contribution in [0.5, 0.6) is 0 Å². The topological polar surface area (TPSA) is 152 Å². The summed E-state index contributed by atoms with van der Waals surface area (Å²) in [5, 5.41) is 31.8. The van der Waals surface area contributed by atoms with Crippen molar-refractivity contribution >= 4 is 5.97 Å². The number of methoxy groups -OCH3 is 1. The van der Waals surface area contributed by atoms with Crippen molar-refractivity contribution in [2.75, 3.05) is 13.7 Å². The van der Waals surface area contributed by atoms with Crippen molar-refractivity contribution in [2.45, 2.75) is 146 Å². The van der Waals surface area contributed by atoms with Crippen LogP contribution in [-0.4, -0.2) is 108 Å². The van der Waals surface area contributed by atoms with E-state index in [2.05, 4.69) is 13.0 Å². The summed E-state index contributed by atoms with van der Waals surface area (Å²) in [5.41, 5.74) is 1.95. The number of aliphatic hydroxyl groups is 3. The average molecular weight is 651 g/mol. The molecule has 0 amide bonds. The monoisotopic (exact) mass is 650 g/mol. The smallest absolute Gasteiger partial charge is 0.309 e. The van der Waals surface area contributed by atoms with Gasteiger partial charge in [0.2, 0.25) is 5.79 Å². The SMILES string of the molecule is CO[C@H]1C[C@H](O[C@@H]2CC3=CC[C@H]4C(=O)O[C@@H]5CO[C@]6(C)OC=C(CC[C@@H]4[C@@]3(C)C[C@H]2O)[C@H]56)O[C@H](C)[C@H]1O[C@H]1C[C@H](O)[C@H](O)[C@@H](C)O1. The van der Waals surface area contributed by atoms with Crippen LogP contribution >= 0.6 is 0 Å². The molecule has 0 radical (unpaired) electrons. The summed E-state index contributed by atoms with van der Waals surface area (Å²) < 4.78 is 48.5. The lowest BCUT2D eigenvalue weighted by Crippen LogP contribution is -2.56. The number of aliphatic hydroxyl groups excluding tert-OH is 3. The molecule has 3 N–H and O–H groups in total. The predicted molar refractivity (Wildman–Crippen MR) is 160 cm³/mol. The molecular weight excluding hydrogens is 600 g/mol. The fourth-order valence-electron chi connectivity index (χ4n) is 9.38. The second-order valence-electron chi connectivity index (χ2n) is 14.8. The van der Waals surface area contributed by atoms with Gasteiger partial charge in [0.25, 0.3) is 0 Å². The van der Waals surface area contributed by atoms with Crippen molar-refractivity contribution in [1.82, 2.24) is 0 Å². The zero-order valence-corrected chi connectivity index (χ0v) is 27.4.